The number of hydrogen-bond donors (Lipinski definition) is 2. The van der Waals surface area contributed by atoms with Gasteiger partial charge in [0.25, 0.3) is 0 Å². The van der Waals surface area contributed by atoms with Crippen LogP contribution in [0.25, 0.3) is 0 Å². The fraction of sp³-hybridized carbons (Fsp3) is 0.263. The molecule has 0 saturated heterocycles. The van der Waals surface area contributed by atoms with Crippen molar-refractivity contribution in [3.63, 3.8) is 0 Å². The van der Waals surface area contributed by atoms with Gasteiger partial charge in [-0.3, -0.25) is 9.59 Å². The Hall–Kier alpha value is -2.66. The Kier molecular flexibility index (Phi) is 4.62. The molecule has 1 atom stereocenters. The third-order valence-electron chi connectivity index (χ3n) is 4.25. The van der Waals surface area contributed by atoms with Gasteiger partial charge in [0, 0.05) is 11.3 Å². The van der Waals surface area contributed by atoms with Crippen LogP contribution in [0.4, 0.5) is 5.69 Å². The molecule has 0 aliphatic carbocycles. The normalized spacial score (nSPS) is 16.3. The van der Waals surface area contributed by atoms with Crippen molar-refractivity contribution in [3.05, 3.63) is 64.7 Å². The van der Waals surface area contributed by atoms with Crippen molar-refractivity contribution in [2.24, 2.45) is 5.73 Å². The van der Waals surface area contributed by atoms with Gasteiger partial charge in [-0.15, -0.1) is 0 Å². The van der Waals surface area contributed by atoms with E-state index in [1.807, 2.05) is 25.1 Å². The molecule has 1 heterocycles. The van der Waals surface area contributed by atoms with Gasteiger partial charge in [0.05, 0.1) is 19.1 Å². The number of nitrogens with two attached hydrogens (primary N) is 1. The summed E-state index contributed by atoms with van der Waals surface area (Å²) in [4.78, 5) is 23.6. The average molecular weight is 324 g/mol. The van der Waals surface area contributed by atoms with Crippen molar-refractivity contribution in [3.8, 4) is 0 Å². The van der Waals surface area contributed by atoms with Crippen molar-refractivity contribution < 1.29 is 14.3 Å². The number of carbonyl (C=O) groups is 2. The molecule has 0 saturated carbocycles. The van der Waals surface area contributed by atoms with E-state index in [0.717, 1.165) is 17.5 Å². The summed E-state index contributed by atoms with van der Waals surface area (Å²) in [6, 6.07) is 13.0. The minimum atomic E-state index is -0.483. The number of aryl methyl sites for hydroxylation is 1. The van der Waals surface area contributed by atoms with Crippen LogP contribution in [0.1, 0.15) is 39.6 Å². The van der Waals surface area contributed by atoms with Crippen LogP contribution in [0.5, 0.6) is 0 Å². The molecule has 0 unspecified atom stereocenters. The third kappa shape index (κ3) is 3.46. The van der Waals surface area contributed by atoms with Gasteiger partial charge >= 0.3 is 0 Å². The summed E-state index contributed by atoms with van der Waals surface area (Å²) in [7, 11) is 0. The van der Waals surface area contributed by atoms with Crippen molar-refractivity contribution in [2.45, 2.75) is 25.9 Å². The predicted molar refractivity (Wildman–Crippen MR) is 91.8 cm³/mol. The Morgan fingerprint density at radius 1 is 1.25 bits per heavy atom. The van der Waals surface area contributed by atoms with Crippen LogP contribution in [0.15, 0.2) is 42.5 Å². The third-order valence-corrected chi connectivity index (χ3v) is 4.25. The Morgan fingerprint density at radius 2 is 2.04 bits per heavy atom. The molecule has 0 radical (unpaired) electrons. The Morgan fingerprint density at radius 3 is 2.79 bits per heavy atom. The molecule has 0 spiro atoms. The van der Waals surface area contributed by atoms with Gasteiger partial charge < -0.3 is 15.8 Å². The van der Waals surface area contributed by atoms with E-state index in [2.05, 4.69) is 11.4 Å². The molecule has 124 valence electrons. The standard InChI is InChI=1S/C19H20N2O3/c1-12-10-14(19(20)23)6-7-16(12)21-18(22)11-17-15-5-3-2-4-13(15)8-9-24-17/h2-7,10,17H,8-9,11H2,1H3,(H2,20,23)(H,21,22)/t17-/m0/s1. The molecule has 5 nitrogen and oxygen atoms in total. The second-order valence-electron chi connectivity index (χ2n) is 5.95. The topological polar surface area (TPSA) is 81.4 Å². The van der Waals surface area contributed by atoms with Crippen LogP contribution < -0.4 is 11.1 Å². The molecule has 1 aliphatic rings. The van der Waals surface area contributed by atoms with E-state index in [1.54, 1.807) is 18.2 Å². The van der Waals surface area contributed by atoms with Gasteiger partial charge in [0.1, 0.15) is 0 Å². The highest BCUT2D eigenvalue weighted by Crippen LogP contribution is 2.30. The van der Waals surface area contributed by atoms with Crippen LogP contribution in [-0.2, 0) is 16.0 Å². The predicted octanol–water partition coefficient (Wildman–Crippen LogP) is 2.74. The SMILES string of the molecule is Cc1cc(C(N)=O)ccc1NC(=O)C[C@@H]1OCCc2ccccc21. The molecule has 3 N–H and O–H groups in total. The van der Waals surface area contributed by atoms with E-state index in [4.69, 9.17) is 10.5 Å². The smallest absolute Gasteiger partial charge is 0.248 e. The lowest BCUT2D eigenvalue weighted by atomic mass is 9.95. The molecule has 24 heavy (non-hydrogen) atoms. The van der Waals surface area contributed by atoms with Crippen LogP contribution >= 0.6 is 0 Å². The summed E-state index contributed by atoms with van der Waals surface area (Å²) in [5.74, 6) is -0.602. The molecular formula is C19H20N2O3. The highest BCUT2D eigenvalue weighted by Gasteiger charge is 2.23. The first-order chi connectivity index (χ1) is 11.5. The largest absolute Gasteiger partial charge is 0.373 e. The number of fused-ring (bicyclic) bond motifs is 1. The minimum Gasteiger partial charge on any atom is -0.373 e. The maximum absolute atomic E-state index is 12.4. The zero-order valence-corrected chi connectivity index (χ0v) is 13.5. The lowest BCUT2D eigenvalue weighted by molar-refractivity contribution is -0.119. The molecule has 5 heteroatoms. The number of benzene rings is 2. The molecule has 0 aromatic heterocycles. The zero-order valence-electron chi connectivity index (χ0n) is 13.5. The van der Waals surface area contributed by atoms with Crippen molar-refractivity contribution in [1.82, 2.24) is 0 Å². The van der Waals surface area contributed by atoms with E-state index in [-0.39, 0.29) is 18.4 Å². The molecule has 2 amide bonds. The van der Waals surface area contributed by atoms with Crippen LogP contribution in [0.3, 0.4) is 0 Å². The molecule has 0 bridgehead atoms. The highest BCUT2D eigenvalue weighted by molar-refractivity contribution is 5.95. The van der Waals surface area contributed by atoms with Gasteiger partial charge in [-0.05, 0) is 48.2 Å². The second-order valence-corrected chi connectivity index (χ2v) is 5.95. The molecule has 0 fully saturated rings. The highest BCUT2D eigenvalue weighted by atomic mass is 16.5. The van der Waals surface area contributed by atoms with Crippen LogP contribution in [-0.4, -0.2) is 18.4 Å². The summed E-state index contributed by atoms with van der Waals surface area (Å²) in [5, 5.41) is 2.88. The summed E-state index contributed by atoms with van der Waals surface area (Å²) in [6.45, 7) is 2.45. The van der Waals surface area contributed by atoms with Gasteiger partial charge in [-0.1, -0.05) is 24.3 Å². The van der Waals surface area contributed by atoms with E-state index in [9.17, 15) is 9.59 Å². The van der Waals surface area contributed by atoms with Gasteiger partial charge in [0.15, 0.2) is 0 Å². The van der Waals surface area contributed by atoms with Gasteiger partial charge in [0.2, 0.25) is 11.8 Å². The molecule has 2 aromatic carbocycles. The first-order valence-electron chi connectivity index (χ1n) is 7.94. The van der Waals surface area contributed by atoms with Gasteiger partial charge in [-0.2, -0.15) is 0 Å². The zero-order chi connectivity index (χ0) is 17.1. The Balaban J connectivity index is 1.70. The number of ether oxygens (including phenoxy) is 1. The Labute approximate surface area is 140 Å². The first kappa shape index (κ1) is 16.2. The number of hydrogen-bond acceptors (Lipinski definition) is 3. The number of nitrogens with one attached hydrogen (secondary N) is 1. The average Bonchev–Trinajstić information content (AvgIpc) is 2.57. The lowest BCUT2D eigenvalue weighted by Gasteiger charge is -2.25. The van der Waals surface area contributed by atoms with Crippen molar-refractivity contribution in [1.29, 1.82) is 0 Å². The first-order valence-corrected chi connectivity index (χ1v) is 7.94. The lowest BCUT2D eigenvalue weighted by Crippen LogP contribution is -2.22. The van der Waals surface area contributed by atoms with Crippen molar-refractivity contribution >= 4 is 17.5 Å². The minimum absolute atomic E-state index is 0.119. The fourth-order valence-electron chi connectivity index (χ4n) is 2.97. The second kappa shape index (κ2) is 6.84. The van der Waals surface area contributed by atoms with E-state index >= 15 is 0 Å². The number of carbonyl (C=O) groups excluding carboxylic acids is 2. The summed E-state index contributed by atoms with van der Waals surface area (Å²) >= 11 is 0. The molecule has 2 aromatic rings. The molecular weight excluding hydrogens is 304 g/mol. The van der Waals surface area contributed by atoms with Crippen LogP contribution in [0, 0.1) is 6.92 Å². The van der Waals surface area contributed by atoms with E-state index in [0.29, 0.717) is 17.9 Å². The summed E-state index contributed by atoms with van der Waals surface area (Å²) in [5.41, 5.74) is 9.48. The van der Waals surface area contributed by atoms with Crippen molar-refractivity contribution in [2.75, 3.05) is 11.9 Å². The maximum atomic E-state index is 12.4. The number of rotatable bonds is 4. The van der Waals surface area contributed by atoms with Gasteiger partial charge in [-0.25, -0.2) is 0 Å². The van der Waals surface area contributed by atoms with Crippen LogP contribution in [0.2, 0.25) is 0 Å². The number of anilines is 1. The molecule has 1 aliphatic heterocycles. The number of amides is 2. The monoisotopic (exact) mass is 324 g/mol. The molecule has 3 rings (SSSR count). The summed E-state index contributed by atoms with van der Waals surface area (Å²) in [6.07, 6.45) is 0.913. The Bertz CT molecular complexity index is 786. The quantitative estimate of drug-likeness (QED) is 0.907. The fourth-order valence-corrected chi connectivity index (χ4v) is 2.97. The van der Waals surface area contributed by atoms with E-state index < -0.39 is 5.91 Å². The van der Waals surface area contributed by atoms with E-state index in [1.165, 1.54) is 5.56 Å². The summed E-state index contributed by atoms with van der Waals surface area (Å²) < 4.78 is 5.77. The maximum Gasteiger partial charge on any atom is 0.248 e. The number of primary amides is 1.